The highest BCUT2D eigenvalue weighted by Gasteiger charge is 1.94. The van der Waals surface area contributed by atoms with Crippen LogP contribution < -0.4 is 0 Å². The summed E-state index contributed by atoms with van der Waals surface area (Å²) >= 11 is 0. The first kappa shape index (κ1) is 13.9. The van der Waals surface area contributed by atoms with Crippen LogP contribution in [0.2, 0.25) is 0 Å². The van der Waals surface area contributed by atoms with E-state index in [-0.39, 0.29) is 0 Å². The van der Waals surface area contributed by atoms with Crippen molar-refractivity contribution in [2.45, 2.75) is 6.92 Å². The second kappa shape index (κ2) is 9.43. The topological polar surface area (TPSA) is 17.1 Å². The Morgan fingerprint density at radius 3 is 2.44 bits per heavy atom. The summed E-state index contributed by atoms with van der Waals surface area (Å²) in [5, 5.41) is 0. The average molecular weight is 226 g/mol. The van der Waals surface area contributed by atoms with E-state index < -0.39 is 10.8 Å². The molecule has 0 aliphatic heterocycles. The lowest BCUT2D eigenvalue weighted by molar-refractivity contribution is 0.691. The van der Waals surface area contributed by atoms with Gasteiger partial charge in [0, 0.05) is 12.3 Å². The van der Waals surface area contributed by atoms with Gasteiger partial charge in [-0.2, -0.15) is 0 Å². The Bertz CT molecular complexity index is 549. The van der Waals surface area contributed by atoms with E-state index in [1.807, 2.05) is 0 Å². The molecule has 0 aliphatic rings. The van der Waals surface area contributed by atoms with Gasteiger partial charge in [0.1, 0.15) is 0 Å². The molecule has 0 radical (unpaired) electrons. The molecule has 1 unspecified atom stereocenters. The van der Waals surface area contributed by atoms with Gasteiger partial charge in [-0.1, -0.05) is 24.3 Å². The molecule has 0 aromatic carbocycles. The van der Waals surface area contributed by atoms with Crippen molar-refractivity contribution < 1.29 is 4.21 Å². The van der Waals surface area contributed by atoms with Crippen LogP contribution in [0.3, 0.4) is 0 Å². The Balaban J connectivity index is 4.93. The molecule has 0 saturated carbocycles. The minimum Gasteiger partial charge on any atom is -0.254 e. The van der Waals surface area contributed by atoms with Gasteiger partial charge in [-0.25, -0.2) is 0 Å². The Morgan fingerprint density at radius 2 is 1.88 bits per heavy atom. The van der Waals surface area contributed by atoms with Crippen molar-refractivity contribution >= 4 is 10.8 Å². The highest BCUT2D eigenvalue weighted by molar-refractivity contribution is 7.88. The molecule has 0 bridgehead atoms. The Hall–Kier alpha value is -2.13. The van der Waals surface area contributed by atoms with Crippen molar-refractivity contribution in [2.75, 3.05) is 6.26 Å². The molecule has 0 fully saturated rings. The van der Waals surface area contributed by atoms with E-state index >= 15 is 0 Å². The van der Waals surface area contributed by atoms with Crippen LogP contribution in [0.15, 0.2) is 23.6 Å². The van der Waals surface area contributed by atoms with E-state index in [0.29, 0.717) is 4.91 Å². The Kier molecular flexibility index (Phi) is 8.17. The van der Waals surface area contributed by atoms with Crippen LogP contribution in [0.5, 0.6) is 0 Å². The first-order valence-corrected chi connectivity index (χ1v) is 5.86. The van der Waals surface area contributed by atoms with Crippen molar-refractivity contribution in [1.82, 2.24) is 0 Å². The van der Waals surface area contributed by atoms with Gasteiger partial charge in [0.2, 0.25) is 0 Å². The lowest BCUT2D eigenvalue weighted by Gasteiger charge is -1.87. The van der Waals surface area contributed by atoms with Crippen molar-refractivity contribution in [3.05, 3.63) is 23.6 Å². The first-order chi connectivity index (χ1) is 7.72. The summed E-state index contributed by atoms with van der Waals surface area (Å²) in [5.41, 5.74) is 0. The SMILES string of the molecule is C=CC#CC#CC(=CC#CC#CC)S(C)=O. The molecule has 78 valence electrons. The normalized spacial score (nSPS) is 9.75. The van der Waals surface area contributed by atoms with Crippen molar-refractivity contribution in [3.8, 4) is 47.4 Å². The Morgan fingerprint density at radius 1 is 1.19 bits per heavy atom. The summed E-state index contributed by atoms with van der Waals surface area (Å²) in [5.74, 6) is 20.8. The van der Waals surface area contributed by atoms with Crippen LogP contribution in [-0.2, 0) is 10.8 Å². The molecule has 0 amide bonds. The predicted octanol–water partition coefficient (Wildman–Crippen LogP) is 1.47. The summed E-state index contributed by atoms with van der Waals surface area (Å²) < 4.78 is 11.2. The van der Waals surface area contributed by atoms with E-state index in [9.17, 15) is 4.21 Å². The van der Waals surface area contributed by atoms with Gasteiger partial charge in [0.05, 0.1) is 15.7 Å². The fourth-order valence-electron chi connectivity index (χ4n) is 0.571. The van der Waals surface area contributed by atoms with Crippen molar-refractivity contribution in [3.63, 3.8) is 0 Å². The van der Waals surface area contributed by atoms with E-state index in [2.05, 4.69) is 53.9 Å². The second-order valence-electron chi connectivity index (χ2n) is 2.33. The van der Waals surface area contributed by atoms with Gasteiger partial charge in [-0.3, -0.25) is 4.21 Å². The maximum atomic E-state index is 11.2. The van der Waals surface area contributed by atoms with Crippen LogP contribution >= 0.6 is 0 Å². The maximum absolute atomic E-state index is 11.2. The van der Waals surface area contributed by atoms with E-state index in [4.69, 9.17) is 0 Å². The van der Waals surface area contributed by atoms with E-state index in [1.54, 1.807) is 6.92 Å². The molecule has 0 aromatic heterocycles. The van der Waals surface area contributed by atoms with E-state index in [1.165, 1.54) is 18.4 Å². The summed E-state index contributed by atoms with van der Waals surface area (Å²) in [4.78, 5) is 0.434. The molecule has 0 aliphatic carbocycles. The number of allylic oxidation sites excluding steroid dienone is 3. The molecule has 2 heteroatoms. The van der Waals surface area contributed by atoms with Crippen LogP contribution in [0.4, 0.5) is 0 Å². The average Bonchev–Trinajstić information content (AvgIpc) is 2.26. The molecule has 0 heterocycles. The summed E-state index contributed by atoms with van der Waals surface area (Å²) in [6.07, 6.45) is 4.47. The van der Waals surface area contributed by atoms with Gasteiger partial charge in [-0.15, -0.1) is 0 Å². The standard InChI is InChI=1S/C14H10OS/c1-4-6-8-10-12-14(16(3)15)13-11-9-7-5-2/h4,13H,1H2,2-3H3. The number of rotatable bonds is 1. The minimum absolute atomic E-state index is 0.434. The molecule has 0 N–H and O–H groups in total. The third kappa shape index (κ3) is 7.29. The maximum Gasteiger partial charge on any atom is 0.0977 e. The van der Waals surface area contributed by atoms with Gasteiger partial charge >= 0.3 is 0 Å². The van der Waals surface area contributed by atoms with Crippen LogP contribution in [-0.4, -0.2) is 10.5 Å². The van der Waals surface area contributed by atoms with Gasteiger partial charge in [0.25, 0.3) is 0 Å². The molecule has 0 aromatic rings. The molecule has 0 saturated heterocycles. The lowest BCUT2D eigenvalue weighted by Crippen LogP contribution is -1.87. The molecule has 1 nitrogen and oxygen atoms in total. The monoisotopic (exact) mass is 226 g/mol. The predicted molar refractivity (Wildman–Crippen MR) is 69.1 cm³/mol. The number of hydrogen-bond acceptors (Lipinski definition) is 1. The molecule has 0 spiro atoms. The fraction of sp³-hybridized carbons (Fsp3) is 0.143. The smallest absolute Gasteiger partial charge is 0.0977 e. The first-order valence-electron chi connectivity index (χ1n) is 4.30. The van der Waals surface area contributed by atoms with Crippen molar-refractivity contribution in [2.24, 2.45) is 0 Å². The number of hydrogen-bond donors (Lipinski definition) is 0. The lowest BCUT2D eigenvalue weighted by atomic mass is 10.4. The minimum atomic E-state index is -1.17. The Labute approximate surface area is 99.5 Å². The highest BCUT2D eigenvalue weighted by Crippen LogP contribution is 1.95. The van der Waals surface area contributed by atoms with Crippen molar-refractivity contribution in [1.29, 1.82) is 0 Å². The van der Waals surface area contributed by atoms with Gasteiger partial charge in [0.15, 0.2) is 0 Å². The summed E-state index contributed by atoms with van der Waals surface area (Å²) in [6.45, 7) is 5.13. The zero-order valence-electron chi connectivity index (χ0n) is 9.18. The van der Waals surface area contributed by atoms with E-state index in [0.717, 1.165) is 0 Å². The highest BCUT2D eigenvalue weighted by atomic mass is 32.2. The largest absolute Gasteiger partial charge is 0.254 e. The molecule has 16 heavy (non-hydrogen) atoms. The zero-order valence-corrected chi connectivity index (χ0v) is 9.99. The third-order valence-electron chi connectivity index (χ3n) is 1.20. The quantitative estimate of drug-likeness (QED) is 0.619. The van der Waals surface area contributed by atoms with Crippen LogP contribution in [0.25, 0.3) is 0 Å². The van der Waals surface area contributed by atoms with Gasteiger partial charge in [-0.05, 0) is 42.6 Å². The molecule has 0 rings (SSSR count). The molecular weight excluding hydrogens is 216 g/mol. The molecule has 1 atom stereocenters. The third-order valence-corrected chi connectivity index (χ3v) is 2.03. The summed E-state index contributed by atoms with van der Waals surface area (Å²) in [7, 11) is -1.17. The van der Waals surface area contributed by atoms with Gasteiger partial charge < -0.3 is 0 Å². The van der Waals surface area contributed by atoms with Crippen LogP contribution in [0, 0.1) is 47.4 Å². The summed E-state index contributed by atoms with van der Waals surface area (Å²) in [6, 6.07) is 0. The second-order valence-corrected chi connectivity index (χ2v) is 3.68. The zero-order chi connectivity index (χ0) is 12.2. The van der Waals surface area contributed by atoms with Crippen LogP contribution in [0.1, 0.15) is 6.92 Å². The fourth-order valence-corrected chi connectivity index (χ4v) is 0.991. The molecular formula is C14H10OS.